The molecule has 0 bridgehead atoms. The molecule has 0 saturated heterocycles. The fourth-order valence-corrected chi connectivity index (χ4v) is 6.77. The monoisotopic (exact) mass is 616 g/mol. The van der Waals surface area contributed by atoms with Crippen LogP contribution in [0.15, 0.2) is 155 Å². The Kier molecular flexibility index (Phi) is 5.77. The van der Waals surface area contributed by atoms with E-state index in [9.17, 15) is 0 Å². The Morgan fingerprint density at radius 1 is 0.417 bits per heavy atom. The zero-order chi connectivity index (χ0) is 31.6. The first-order chi connectivity index (χ1) is 23.8. The molecule has 0 amide bonds. The lowest BCUT2D eigenvalue weighted by atomic mass is 9.99. The Morgan fingerprint density at radius 3 is 1.71 bits per heavy atom. The molecule has 48 heavy (non-hydrogen) atoms. The maximum atomic E-state index is 6.67. The summed E-state index contributed by atoms with van der Waals surface area (Å²) in [5.74, 6) is 1.79. The molecular weight excluding hydrogens is 592 g/mol. The highest BCUT2D eigenvalue weighted by Gasteiger charge is 2.22. The van der Waals surface area contributed by atoms with E-state index in [-0.39, 0.29) is 0 Å². The number of pyridine rings is 1. The molecule has 0 aliphatic heterocycles. The van der Waals surface area contributed by atoms with Crippen molar-refractivity contribution in [1.82, 2.24) is 19.9 Å². The van der Waals surface area contributed by atoms with Gasteiger partial charge in [-0.3, -0.25) is 4.98 Å². The minimum absolute atomic E-state index is 0.573. The van der Waals surface area contributed by atoms with Gasteiger partial charge in [0.2, 0.25) is 0 Å². The van der Waals surface area contributed by atoms with Crippen molar-refractivity contribution in [2.75, 3.05) is 0 Å². The summed E-state index contributed by atoms with van der Waals surface area (Å²) in [5, 5.41) is 6.21. The van der Waals surface area contributed by atoms with Crippen LogP contribution in [0.4, 0.5) is 0 Å². The molecule has 0 fully saturated rings. The van der Waals surface area contributed by atoms with Crippen molar-refractivity contribution in [3.8, 4) is 45.4 Å². The van der Waals surface area contributed by atoms with E-state index in [0.29, 0.717) is 23.1 Å². The third kappa shape index (κ3) is 4.13. The van der Waals surface area contributed by atoms with Crippen molar-refractivity contribution >= 4 is 54.6 Å². The van der Waals surface area contributed by atoms with Crippen LogP contribution >= 0.6 is 0 Å². The van der Waals surface area contributed by atoms with Gasteiger partial charge in [-0.25, -0.2) is 15.0 Å². The fraction of sp³-hybridized carbons (Fsp3) is 0. The van der Waals surface area contributed by atoms with Gasteiger partial charge in [0.1, 0.15) is 22.4 Å². The maximum absolute atomic E-state index is 6.67. The SMILES string of the molecule is c1ccc(-c2nc(-c3ccccc3)nc(-c3cccc4oc5c(-c6cccc7oc8cc9ccccc9cc8c67)nccc5c34)n2)cc1. The average molecular weight is 617 g/mol. The van der Waals surface area contributed by atoms with Gasteiger partial charge in [-0.05, 0) is 41.1 Å². The van der Waals surface area contributed by atoms with Crippen molar-refractivity contribution in [3.05, 3.63) is 146 Å². The standard InChI is InChI=1S/C42H24N4O2/c1-3-11-25(12-4-1)40-44-41(26-13-5-2-6-14-26)46-42(45-40)31-18-10-20-34-37(31)30-21-22-43-38(39(30)48-34)29-17-9-19-33-36(29)32-23-27-15-7-8-16-28(27)24-35(32)47-33/h1-24H. The quantitative estimate of drug-likeness (QED) is 0.196. The molecule has 10 rings (SSSR count). The van der Waals surface area contributed by atoms with Gasteiger partial charge in [0, 0.05) is 50.0 Å². The van der Waals surface area contributed by atoms with Gasteiger partial charge in [-0.15, -0.1) is 0 Å². The highest BCUT2D eigenvalue weighted by Crippen LogP contribution is 2.43. The molecular formula is C42H24N4O2. The van der Waals surface area contributed by atoms with E-state index in [4.69, 9.17) is 28.8 Å². The summed E-state index contributed by atoms with van der Waals surface area (Å²) < 4.78 is 13.1. The largest absolute Gasteiger partial charge is 0.456 e. The van der Waals surface area contributed by atoms with Crippen LogP contribution in [-0.4, -0.2) is 19.9 Å². The highest BCUT2D eigenvalue weighted by molar-refractivity contribution is 6.19. The minimum atomic E-state index is 0.573. The molecule has 4 aromatic heterocycles. The van der Waals surface area contributed by atoms with Crippen LogP contribution in [0.5, 0.6) is 0 Å². The van der Waals surface area contributed by atoms with Crippen LogP contribution in [0.25, 0.3) is 100 Å². The molecule has 0 N–H and O–H groups in total. The number of nitrogens with zero attached hydrogens (tertiary/aromatic N) is 4. The van der Waals surface area contributed by atoms with Gasteiger partial charge in [-0.2, -0.15) is 0 Å². The third-order valence-corrected chi connectivity index (χ3v) is 8.97. The molecule has 224 valence electrons. The molecule has 0 radical (unpaired) electrons. The van der Waals surface area contributed by atoms with E-state index in [0.717, 1.165) is 77.0 Å². The first kappa shape index (κ1) is 26.5. The number of fused-ring (bicyclic) bond motifs is 7. The molecule has 0 atom stereocenters. The second kappa shape index (κ2) is 10.4. The minimum Gasteiger partial charge on any atom is -0.456 e. The van der Waals surface area contributed by atoms with Crippen molar-refractivity contribution in [1.29, 1.82) is 0 Å². The molecule has 6 aromatic carbocycles. The van der Waals surface area contributed by atoms with E-state index in [1.165, 1.54) is 0 Å². The van der Waals surface area contributed by atoms with Crippen LogP contribution < -0.4 is 0 Å². The third-order valence-electron chi connectivity index (χ3n) is 8.97. The van der Waals surface area contributed by atoms with E-state index in [1.807, 2.05) is 109 Å². The predicted octanol–water partition coefficient (Wildman–Crippen LogP) is 10.9. The van der Waals surface area contributed by atoms with Gasteiger partial charge >= 0.3 is 0 Å². The van der Waals surface area contributed by atoms with Gasteiger partial charge in [-0.1, -0.05) is 109 Å². The predicted molar refractivity (Wildman–Crippen MR) is 191 cm³/mol. The number of hydrogen-bond acceptors (Lipinski definition) is 6. The topological polar surface area (TPSA) is 77.8 Å². The fourth-order valence-electron chi connectivity index (χ4n) is 6.77. The van der Waals surface area contributed by atoms with Gasteiger partial charge in [0.05, 0.1) is 0 Å². The molecule has 0 saturated carbocycles. The summed E-state index contributed by atoms with van der Waals surface area (Å²) in [6.45, 7) is 0. The Hall–Kier alpha value is -6.66. The second-order valence-corrected chi connectivity index (χ2v) is 11.8. The van der Waals surface area contributed by atoms with E-state index < -0.39 is 0 Å². The van der Waals surface area contributed by atoms with Crippen molar-refractivity contribution in [3.63, 3.8) is 0 Å². The highest BCUT2D eigenvalue weighted by atomic mass is 16.3. The molecule has 10 aromatic rings. The molecule has 6 nitrogen and oxygen atoms in total. The lowest BCUT2D eigenvalue weighted by molar-refractivity contribution is 0.668. The second-order valence-electron chi connectivity index (χ2n) is 11.8. The first-order valence-electron chi connectivity index (χ1n) is 15.8. The molecule has 4 heterocycles. The number of furan rings is 2. The zero-order valence-corrected chi connectivity index (χ0v) is 25.5. The van der Waals surface area contributed by atoms with Crippen LogP contribution in [0.1, 0.15) is 0 Å². The summed E-state index contributed by atoms with van der Waals surface area (Å²) in [7, 11) is 0. The van der Waals surface area contributed by atoms with Gasteiger partial charge < -0.3 is 8.83 Å². The Morgan fingerprint density at radius 2 is 1.00 bits per heavy atom. The first-order valence-corrected chi connectivity index (χ1v) is 15.8. The van der Waals surface area contributed by atoms with Gasteiger partial charge in [0.15, 0.2) is 23.1 Å². The Labute approximate surface area is 274 Å². The summed E-state index contributed by atoms with van der Waals surface area (Å²) in [5.41, 5.74) is 7.47. The lowest BCUT2D eigenvalue weighted by Gasteiger charge is -2.09. The number of aromatic nitrogens is 4. The molecule has 0 unspecified atom stereocenters. The van der Waals surface area contributed by atoms with Crippen molar-refractivity contribution in [2.45, 2.75) is 0 Å². The summed E-state index contributed by atoms with van der Waals surface area (Å²) in [4.78, 5) is 19.8. The smallest absolute Gasteiger partial charge is 0.164 e. The van der Waals surface area contributed by atoms with Crippen molar-refractivity contribution in [2.24, 2.45) is 0 Å². The number of hydrogen-bond donors (Lipinski definition) is 0. The van der Waals surface area contributed by atoms with E-state index >= 15 is 0 Å². The summed E-state index contributed by atoms with van der Waals surface area (Å²) in [6, 6.07) is 46.8. The van der Waals surface area contributed by atoms with E-state index in [2.05, 4.69) is 36.4 Å². The molecule has 0 aliphatic rings. The maximum Gasteiger partial charge on any atom is 0.164 e. The average Bonchev–Trinajstić information content (AvgIpc) is 3.72. The summed E-state index contributed by atoms with van der Waals surface area (Å²) >= 11 is 0. The zero-order valence-electron chi connectivity index (χ0n) is 25.5. The number of rotatable bonds is 4. The summed E-state index contributed by atoms with van der Waals surface area (Å²) in [6.07, 6.45) is 1.85. The Bertz CT molecular complexity index is 2780. The van der Waals surface area contributed by atoms with Crippen LogP contribution in [0.3, 0.4) is 0 Å². The van der Waals surface area contributed by atoms with Crippen LogP contribution in [0.2, 0.25) is 0 Å². The number of benzene rings is 6. The Balaban J connectivity index is 1.22. The molecule has 6 heteroatoms. The normalized spacial score (nSPS) is 11.8. The van der Waals surface area contributed by atoms with Crippen LogP contribution in [0, 0.1) is 0 Å². The lowest BCUT2D eigenvalue weighted by Crippen LogP contribution is -2.00. The van der Waals surface area contributed by atoms with Crippen molar-refractivity contribution < 1.29 is 8.83 Å². The van der Waals surface area contributed by atoms with E-state index in [1.54, 1.807) is 0 Å². The molecule has 0 aliphatic carbocycles. The molecule has 0 spiro atoms. The van der Waals surface area contributed by atoms with Crippen LogP contribution in [-0.2, 0) is 0 Å². The van der Waals surface area contributed by atoms with Gasteiger partial charge in [0.25, 0.3) is 0 Å².